The minimum Gasteiger partial charge on any atom is -0.480 e. The molecule has 0 aromatic carbocycles. The first-order chi connectivity index (χ1) is 21.1. The third kappa shape index (κ3) is 23.2. The Hall–Kier alpha value is -3.25. The van der Waals surface area contributed by atoms with Crippen LogP contribution in [-0.2, 0) is 42.9 Å². The molecule has 0 unspecified atom stereocenters. The van der Waals surface area contributed by atoms with Crippen LogP contribution in [0.15, 0.2) is 0 Å². The Kier molecular flexibility index (Phi) is 25.3. The number of ether oxygens (including phenoxy) is 4. The van der Waals surface area contributed by atoms with Crippen LogP contribution >= 0.6 is 0 Å². The second-order valence-electron chi connectivity index (χ2n) is 10.1. The van der Waals surface area contributed by atoms with E-state index in [0.717, 1.165) is 12.8 Å². The fourth-order valence-corrected chi connectivity index (χ4v) is 3.97. The molecule has 0 rings (SSSR count). The zero-order valence-electron chi connectivity index (χ0n) is 26.1. The van der Waals surface area contributed by atoms with Gasteiger partial charge in [-0.1, -0.05) is 45.5 Å². The average molecular weight is 630 g/mol. The molecule has 0 saturated carbocycles. The normalized spacial score (nSPS) is 12.2. The highest BCUT2D eigenvalue weighted by molar-refractivity contribution is 5.87. The largest absolute Gasteiger partial charge is 0.480 e. The summed E-state index contributed by atoms with van der Waals surface area (Å²) in [6.45, 7) is 6.69. The first-order valence-electron chi connectivity index (χ1n) is 15.2. The van der Waals surface area contributed by atoms with Gasteiger partial charge in [0.1, 0.15) is 18.7 Å². The van der Waals surface area contributed by atoms with E-state index in [4.69, 9.17) is 25.4 Å². The van der Waals surface area contributed by atoms with Gasteiger partial charge in [0, 0.05) is 25.8 Å². The summed E-state index contributed by atoms with van der Waals surface area (Å²) in [5.74, 6) is -2.40. The highest BCUT2D eigenvalue weighted by Crippen LogP contribution is 2.15. The summed E-state index contributed by atoms with van der Waals surface area (Å²) in [6, 6.07) is -2.16. The summed E-state index contributed by atoms with van der Waals surface area (Å²) >= 11 is 0. The second kappa shape index (κ2) is 27.3. The van der Waals surface area contributed by atoms with Gasteiger partial charge in [-0.15, -0.1) is 6.42 Å². The maximum atomic E-state index is 12.7. The number of carboxylic acids is 2. The number of rotatable bonds is 29. The van der Waals surface area contributed by atoms with Crippen molar-refractivity contribution in [3.05, 3.63) is 0 Å². The van der Waals surface area contributed by atoms with Crippen LogP contribution in [0, 0.1) is 18.3 Å². The third-order valence-corrected chi connectivity index (χ3v) is 6.25. The summed E-state index contributed by atoms with van der Waals surface area (Å²) in [7, 11) is 0. The van der Waals surface area contributed by atoms with E-state index < -0.39 is 47.7 Å². The molecule has 0 heterocycles. The fraction of sp³-hybridized carbons (Fsp3) is 0.767. The van der Waals surface area contributed by atoms with Gasteiger partial charge in [0.15, 0.2) is 0 Å². The van der Waals surface area contributed by atoms with Crippen LogP contribution in [0.3, 0.4) is 0 Å². The van der Waals surface area contributed by atoms with E-state index in [1.165, 1.54) is 0 Å². The van der Waals surface area contributed by atoms with Gasteiger partial charge in [-0.05, 0) is 18.8 Å². The van der Waals surface area contributed by atoms with Crippen molar-refractivity contribution in [1.82, 2.24) is 16.0 Å². The number of hydrogen-bond acceptors (Lipinski definition) is 9. The van der Waals surface area contributed by atoms with Crippen molar-refractivity contribution >= 4 is 29.7 Å². The lowest BCUT2D eigenvalue weighted by Crippen LogP contribution is -2.43. The number of carbonyl (C=O) groups is 5. The molecule has 0 bridgehead atoms. The van der Waals surface area contributed by atoms with Gasteiger partial charge in [-0.2, -0.15) is 0 Å². The molecule has 0 aromatic rings. The Labute approximate surface area is 260 Å². The molecule has 5 N–H and O–H groups in total. The molecular formula is C30H51N3O11. The number of unbranched alkanes of at least 4 members (excludes halogenated alkanes) is 2. The Balaban J connectivity index is 4.70. The molecule has 0 aliphatic heterocycles. The molecule has 44 heavy (non-hydrogen) atoms. The number of nitrogens with one attached hydrogen (secondary N) is 3. The molecule has 252 valence electrons. The zero-order chi connectivity index (χ0) is 33.0. The summed E-state index contributed by atoms with van der Waals surface area (Å²) in [6.07, 6.45) is 7.53. The Morgan fingerprint density at radius 1 is 0.659 bits per heavy atom. The quantitative estimate of drug-likeness (QED) is 0.0587. The zero-order valence-corrected chi connectivity index (χ0v) is 26.1. The van der Waals surface area contributed by atoms with E-state index in [1.807, 2.05) is 13.8 Å². The fourth-order valence-electron chi connectivity index (χ4n) is 3.97. The first-order valence-corrected chi connectivity index (χ1v) is 15.2. The lowest BCUT2D eigenvalue weighted by atomic mass is 9.95. The van der Waals surface area contributed by atoms with Crippen LogP contribution in [0.4, 0.5) is 0 Å². The predicted molar refractivity (Wildman–Crippen MR) is 161 cm³/mol. The molecule has 0 spiro atoms. The molecule has 0 fully saturated rings. The number of carboxylic acid groups (broad SMARTS) is 2. The third-order valence-electron chi connectivity index (χ3n) is 6.25. The Bertz CT molecular complexity index is 837. The van der Waals surface area contributed by atoms with Crippen LogP contribution in [0.1, 0.15) is 71.6 Å². The molecule has 0 saturated heterocycles. The van der Waals surface area contributed by atoms with E-state index in [2.05, 4.69) is 21.9 Å². The molecule has 0 radical (unpaired) electrons. The standard InChI is InChI=1S/C30H51N3O11/c1-4-7-9-24(29(37)38)32-27(35)21-23(22-28(36)33-25(30(39)40)10-8-5-2)20-26(34)31-11-13-42-15-17-44-19-18-43-16-14-41-12-6-3/h3,23-25H,4-5,7-22H2,1-2H3,(H,31,34)(H,32,35)(H,33,36)(H,37,38)(H,39,40)/t24-,25-/m0/s1. The van der Waals surface area contributed by atoms with Crippen LogP contribution < -0.4 is 16.0 Å². The summed E-state index contributed by atoms with van der Waals surface area (Å²) < 4.78 is 21.2. The number of terminal acetylenes is 1. The molecule has 0 aromatic heterocycles. The summed E-state index contributed by atoms with van der Waals surface area (Å²) in [5, 5.41) is 26.4. The number of amides is 3. The SMILES string of the molecule is C#CCOCCOCCOCCOCCNC(=O)CC(CC(=O)N[C@@H](CCCC)C(=O)O)CC(=O)N[C@@H](CCCC)C(=O)O. The lowest BCUT2D eigenvalue weighted by Gasteiger charge is -2.20. The van der Waals surface area contributed by atoms with E-state index in [1.54, 1.807) is 0 Å². The van der Waals surface area contributed by atoms with Crippen LogP contribution in [0.5, 0.6) is 0 Å². The van der Waals surface area contributed by atoms with Gasteiger partial charge in [0.25, 0.3) is 0 Å². The van der Waals surface area contributed by atoms with Gasteiger partial charge in [-0.3, -0.25) is 14.4 Å². The van der Waals surface area contributed by atoms with Gasteiger partial charge >= 0.3 is 11.9 Å². The van der Waals surface area contributed by atoms with Crippen molar-refractivity contribution < 1.29 is 53.1 Å². The minimum atomic E-state index is -1.17. The Morgan fingerprint density at radius 2 is 1.07 bits per heavy atom. The highest BCUT2D eigenvalue weighted by Gasteiger charge is 2.26. The second-order valence-corrected chi connectivity index (χ2v) is 10.1. The van der Waals surface area contributed by atoms with E-state index in [0.29, 0.717) is 52.5 Å². The average Bonchev–Trinajstić information content (AvgIpc) is 2.97. The van der Waals surface area contributed by atoms with Crippen LogP contribution in [0.2, 0.25) is 0 Å². The summed E-state index contributed by atoms with van der Waals surface area (Å²) in [5.41, 5.74) is 0. The van der Waals surface area contributed by atoms with Crippen molar-refractivity contribution in [1.29, 1.82) is 0 Å². The minimum absolute atomic E-state index is 0.181. The molecular weight excluding hydrogens is 578 g/mol. The summed E-state index contributed by atoms with van der Waals surface area (Å²) in [4.78, 5) is 61.0. The topological polar surface area (TPSA) is 199 Å². The lowest BCUT2D eigenvalue weighted by molar-refractivity contribution is -0.142. The van der Waals surface area contributed by atoms with Gasteiger partial charge < -0.3 is 45.1 Å². The molecule has 14 nitrogen and oxygen atoms in total. The maximum absolute atomic E-state index is 12.7. The van der Waals surface area contributed by atoms with Crippen molar-refractivity contribution in [3.63, 3.8) is 0 Å². The van der Waals surface area contributed by atoms with E-state index in [-0.39, 0.29) is 51.9 Å². The molecule has 0 aliphatic carbocycles. The highest BCUT2D eigenvalue weighted by atomic mass is 16.6. The number of hydrogen-bond donors (Lipinski definition) is 5. The van der Waals surface area contributed by atoms with Crippen LogP contribution in [0.25, 0.3) is 0 Å². The van der Waals surface area contributed by atoms with Crippen LogP contribution in [-0.4, -0.2) is 111 Å². The number of aliphatic carboxylic acids is 2. The van der Waals surface area contributed by atoms with Crippen molar-refractivity contribution in [3.8, 4) is 12.3 Å². The Morgan fingerprint density at radius 3 is 1.48 bits per heavy atom. The van der Waals surface area contributed by atoms with Gasteiger partial charge in [-0.25, -0.2) is 9.59 Å². The van der Waals surface area contributed by atoms with E-state index in [9.17, 15) is 34.2 Å². The first kappa shape index (κ1) is 40.8. The smallest absolute Gasteiger partial charge is 0.326 e. The maximum Gasteiger partial charge on any atom is 0.326 e. The van der Waals surface area contributed by atoms with Crippen molar-refractivity contribution in [2.24, 2.45) is 5.92 Å². The number of carbonyl (C=O) groups excluding carboxylic acids is 3. The molecule has 3 amide bonds. The van der Waals surface area contributed by atoms with Crippen molar-refractivity contribution in [2.75, 3.05) is 59.4 Å². The molecule has 14 heteroatoms. The predicted octanol–water partition coefficient (Wildman–Crippen LogP) is 1.11. The van der Waals surface area contributed by atoms with Crippen molar-refractivity contribution in [2.45, 2.75) is 83.7 Å². The monoisotopic (exact) mass is 629 g/mol. The van der Waals surface area contributed by atoms with Gasteiger partial charge in [0.2, 0.25) is 17.7 Å². The van der Waals surface area contributed by atoms with E-state index >= 15 is 0 Å². The van der Waals surface area contributed by atoms with Gasteiger partial charge in [0.05, 0.1) is 46.2 Å². The molecule has 2 atom stereocenters. The molecule has 0 aliphatic rings.